The lowest BCUT2D eigenvalue weighted by molar-refractivity contribution is -0.118. The molecule has 9 heteroatoms. The van der Waals surface area contributed by atoms with Crippen molar-refractivity contribution in [1.29, 1.82) is 0 Å². The Balaban J connectivity index is 2.21. The van der Waals surface area contributed by atoms with Gasteiger partial charge < -0.3 is 16.0 Å². The number of aromatic nitrogens is 3. The molecule has 1 amide bonds. The van der Waals surface area contributed by atoms with Crippen LogP contribution in [0.3, 0.4) is 0 Å². The quantitative estimate of drug-likeness (QED) is 0.419. The van der Waals surface area contributed by atoms with Crippen molar-refractivity contribution in [1.82, 2.24) is 15.0 Å². The minimum atomic E-state index is -0.554. The molecule has 1 saturated heterocycles. The summed E-state index contributed by atoms with van der Waals surface area (Å²) in [6.45, 7) is 5.54. The van der Waals surface area contributed by atoms with Crippen LogP contribution >= 0.6 is 0 Å². The molecule has 21 heavy (non-hydrogen) atoms. The van der Waals surface area contributed by atoms with Gasteiger partial charge in [-0.3, -0.25) is 10.2 Å². The SMILES string of the molecule is CC(C)(CC(N)=O)Nc1nc(NN)nc(N2CCCC2)n1. The van der Waals surface area contributed by atoms with Crippen LogP contribution < -0.4 is 27.2 Å². The molecule has 0 aliphatic carbocycles. The van der Waals surface area contributed by atoms with Crippen molar-refractivity contribution in [3.05, 3.63) is 0 Å². The highest BCUT2D eigenvalue weighted by molar-refractivity contribution is 5.75. The fourth-order valence-electron chi connectivity index (χ4n) is 2.33. The molecule has 1 aliphatic heterocycles. The normalized spacial score (nSPS) is 15.1. The molecule has 1 aromatic heterocycles. The van der Waals surface area contributed by atoms with Gasteiger partial charge in [-0.25, -0.2) is 5.84 Å². The summed E-state index contributed by atoms with van der Waals surface area (Å²) in [5, 5.41) is 3.10. The average Bonchev–Trinajstić information content (AvgIpc) is 2.89. The van der Waals surface area contributed by atoms with Crippen LogP contribution in [0.2, 0.25) is 0 Å². The molecule has 6 N–H and O–H groups in total. The molecule has 0 aromatic carbocycles. The highest BCUT2D eigenvalue weighted by Gasteiger charge is 2.23. The Kier molecular flexibility index (Phi) is 4.41. The Labute approximate surface area is 123 Å². The van der Waals surface area contributed by atoms with E-state index < -0.39 is 11.4 Å². The second-order valence-electron chi connectivity index (χ2n) is 5.77. The minimum Gasteiger partial charge on any atom is -0.370 e. The molecule has 0 saturated carbocycles. The number of carbonyl (C=O) groups excluding carboxylic acids is 1. The number of carbonyl (C=O) groups is 1. The zero-order chi connectivity index (χ0) is 15.5. The van der Waals surface area contributed by atoms with E-state index in [0.29, 0.717) is 11.9 Å². The number of hydrazine groups is 1. The summed E-state index contributed by atoms with van der Waals surface area (Å²) >= 11 is 0. The number of rotatable bonds is 6. The lowest BCUT2D eigenvalue weighted by Crippen LogP contribution is -2.37. The van der Waals surface area contributed by atoms with Gasteiger partial charge in [-0.2, -0.15) is 15.0 Å². The first kappa shape index (κ1) is 15.2. The maximum absolute atomic E-state index is 11.1. The Morgan fingerprint density at radius 3 is 2.43 bits per heavy atom. The number of nitrogens with one attached hydrogen (secondary N) is 2. The molecule has 1 aromatic rings. The lowest BCUT2D eigenvalue weighted by atomic mass is 10.0. The van der Waals surface area contributed by atoms with Crippen LogP contribution in [0.4, 0.5) is 17.8 Å². The van der Waals surface area contributed by atoms with Crippen LogP contribution in [-0.4, -0.2) is 39.5 Å². The van der Waals surface area contributed by atoms with Gasteiger partial charge in [0.15, 0.2) is 0 Å². The monoisotopic (exact) mass is 294 g/mol. The lowest BCUT2D eigenvalue weighted by Gasteiger charge is -2.25. The third kappa shape index (κ3) is 4.15. The summed E-state index contributed by atoms with van der Waals surface area (Å²) in [6.07, 6.45) is 2.41. The topological polar surface area (TPSA) is 135 Å². The van der Waals surface area contributed by atoms with Crippen molar-refractivity contribution in [2.24, 2.45) is 11.6 Å². The van der Waals surface area contributed by atoms with E-state index >= 15 is 0 Å². The average molecular weight is 294 g/mol. The number of anilines is 3. The highest BCUT2D eigenvalue weighted by atomic mass is 16.1. The Bertz CT molecular complexity index is 512. The molecule has 0 radical (unpaired) electrons. The smallest absolute Gasteiger partial charge is 0.243 e. The summed E-state index contributed by atoms with van der Waals surface area (Å²) in [4.78, 5) is 26.0. The number of amides is 1. The summed E-state index contributed by atoms with van der Waals surface area (Å²) in [7, 11) is 0. The van der Waals surface area contributed by atoms with Crippen molar-refractivity contribution < 1.29 is 4.79 Å². The van der Waals surface area contributed by atoms with Gasteiger partial charge in [0, 0.05) is 25.0 Å². The number of hydrogen-bond donors (Lipinski definition) is 4. The maximum atomic E-state index is 11.1. The Morgan fingerprint density at radius 2 is 1.86 bits per heavy atom. The van der Waals surface area contributed by atoms with E-state index in [4.69, 9.17) is 11.6 Å². The van der Waals surface area contributed by atoms with Crippen molar-refractivity contribution in [3.63, 3.8) is 0 Å². The van der Waals surface area contributed by atoms with Gasteiger partial charge in [-0.1, -0.05) is 0 Å². The molecule has 0 unspecified atom stereocenters. The molecule has 1 fully saturated rings. The van der Waals surface area contributed by atoms with Crippen LogP contribution in [0, 0.1) is 0 Å². The predicted molar refractivity (Wildman–Crippen MR) is 80.6 cm³/mol. The third-order valence-electron chi connectivity index (χ3n) is 3.21. The van der Waals surface area contributed by atoms with Gasteiger partial charge in [-0.05, 0) is 26.7 Å². The molecular formula is C12H22N8O. The molecule has 0 atom stereocenters. The van der Waals surface area contributed by atoms with E-state index in [1.54, 1.807) is 0 Å². The number of primary amides is 1. The molecule has 0 bridgehead atoms. The van der Waals surface area contributed by atoms with Crippen LogP contribution in [0.5, 0.6) is 0 Å². The van der Waals surface area contributed by atoms with E-state index in [0.717, 1.165) is 25.9 Å². The molecule has 2 rings (SSSR count). The molecule has 9 nitrogen and oxygen atoms in total. The summed E-state index contributed by atoms with van der Waals surface area (Å²) in [5.74, 6) is 6.24. The van der Waals surface area contributed by atoms with Gasteiger partial charge in [0.05, 0.1) is 0 Å². The first-order valence-corrected chi connectivity index (χ1v) is 6.94. The first-order valence-electron chi connectivity index (χ1n) is 6.94. The van der Waals surface area contributed by atoms with Gasteiger partial charge in [0.2, 0.25) is 23.8 Å². The van der Waals surface area contributed by atoms with Gasteiger partial charge in [-0.15, -0.1) is 0 Å². The number of nitrogens with zero attached hydrogens (tertiary/aromatic N) is 4. The van der Waals surface area contributed by atoms with E-state index in [2.05, 4.69) is 30.6 Å². The fraction of sp³-hybridized carbons (Fsp3) is 0.667. The van der Waals surface area contributed by atoms with Crippen molar-refractivity contribution >= 4 is 23.8 Å². The second kappa shape index (κ2) is 6.08. The molecule has 116 valence electrons. The third-order valence-corrected chi connectivity index (χ3v) is 3.21. The zero-order valence-corrected chi connectivity index (χ0v) is 12.4. The molecular weight excluding hydrogens is 272 g/mol. The van der Waals surface area contributed by atoms with E-state index in [-0.39, 0.29) is 12.4 Å². The summed E-state index contributed by atoms with van der Waals surface area (Å²) in [5.41, 5.74) is 7.13. The number of nitrogens with two attached hydrogens (primary N) is 2. The predicted octanol–water partition coefficient (Wildman–Crippen LogP) is -0.177. The van der Waals surface area contributed by atoms with Crippen molar-refractivity contribution in [3.8, 4) is 0 Å². The van der Waals surface area contributed by atoms with E-state index in [9.17, 15) is 4.79 Å². The number of nitrogen functional groups attached to an aromatic ring is 1. The minimum absolute atomic E-state index is 0.170. The second-order valence-corrected chi connectivity index (χ2v) is 5.77. The van der Waals surface area contributed by atoms with Crippen LogP contribution in [-0.2, 0) is 4.79 Å². The maximum Gasteiger partial charge on any atom is 0.243 e. The standard InChI is InChI=1S/C12H22N8O/c1-12(2,7-8(13)21)18-9-15-10(19-14)17-11(16-9)20-5-3-4-6-20/h3-7,14H2,1-2H3,(H2,13,21)(H2,15,16,17,18,19). The molecule has 1 aliphatic rings. The fourth-order valence-corrected chi connectivity index (χ4v) is 2.33. The largest absolute Gasteiger partial charge is 0.370 e. The number of hydrogen-bond acceptors (Lipinski definition) is 8. The van der Waals surface area contributed by atoms with Gasteiger partial charge in [0.25, 0.3) is 0 Å². The van der Waals surface area contributed by atoms with Crippen LogP contribution in [0.25, 0.3) is 0 Å². The van der Waals surface area contributed by atoms with E-state index in [1.165, 1.54) is 0 Å². The Morgan fingerprint density at radius 1 is 1.24 bits per heavy atom. The van der Waals surface area contributed by atoms with Crippen molar-refractivity contribution in [2.75, 3.05) is 28.7 Å². The van der Waals surface area contributed by atoms with Gasteiger partial charge in [0.1, 0.15) is 0 Å². The molecule has 2 heterocycles. The highest BCUT2D eigenvalue weighted by Crippen LogP contribution is 2.21. The van der Waals surface area contributed by atoms with Crippen LogP contribution in [0.15, 0.2) is 0 Å². The summed E-state index contributed by atoms with van der Waals surface area (Å²) in [6, 6.07) is 0. The van der Waals surface area contributed by atoms with Crippen molar-refractivity contribution in [2.45, 2.75) is 38.6 Å². The first-order chi connectivity index (χ1) is 9.89. The zero-order valence-electron chi connectivity index (χ0n) is 12.4. The van der Waals surface area contributed by atoms with Crippen LogP contribution in [0.1, 0.15) is 33.1 Å². The van der Waals surface area contributed by atoms with Gasteiger partial charge >= 0.3 is 0 Å². The molecule has 0 spiro atoms. The summed E-state index contributed by atoms with van der Waals surface area (Å²) < 4.78 is 0. The van der Waals surface area contributed by atoms with E-state index in [1.807, 2.05) is 13.8 Å². The Hall–Kier alpha value is -2.16.